The molecule has 0 bridgehead atoms. The van der Waals surface area contributed by atoms with E-state index in [9.17, 15) is 4.79 Å². The van der Waals surface area contributed by atoms with Gasteiger partial charge in [0.25, 0.3) is 5.91 Å². The highest BCUT2D eigenvalue weighted by molar-refractivity contribution is 6.62. The Balaban J connectivity index is 2.00. The highest BCUT2D eigenvalue weighted by Gasteiger charge is 2.51. The van der Waals surface area contributed by atoms with Crippen molar-refractivity contribution in [3.63, 3.8) is 0 Å². The number of hydrogen-bond donors (Lipinski definition) is 1. The molecule has 0 aromatic heterocycles. The molecule has 3 rings (SSSR count). The van der Waals surface area contributed by atoms with Gasteiger partial charge < -0.3 is 14.6 Å². The maximum atomic E-state index is 11.9. The number of benzene rings is 1. The molecule has 1 fully saturated rings. The molecule has 2 aliphatic heterocycles. The SMILES string of the molecule is [2H]C1([2H])CNC(=O)c2ccc(B3OC(C)(C)C(C)(C)O3)cc21. The highest BCUT2D eigenvalue weighted by Crippen LogP contribution is 2.36. The molecule has 1 amide bonds. The summed E-state index contributed by atoms with van der Waals surface area (Å²) < 4.78 is 28.2. The Labute approximate surface area is 122 Å². The third kappa shape index (κ3) is 2.05. The number of amides is 1. The van der Waals surface area contributed by atoms with Gasteiger partial charge in [0, 0.05) is 14.8 Å². The van der Waals surface area contributed by atoms with E-state index in [2.05, 4.69) is 5.32 Å². The van der Waals surface area contributed by atoms with Gasteiger partial charge in [-0.25, -0.2) is 0 Å². The van der Waals surface area contributed by atoms with Gasteiger partial charge in [0.05, 0.1) is 11.2 Å². The lowest BCUT2D eigenvalue weighted by molar-refractivity contribution is 0.00578. The van der Waals surface area contributed by atoms with Gasteiger partial charge >= 0.3 is 7.12 Å². The van der Waals surface area contributed by atoms with Crippen LogP contribution in [0.4, 0.5) is 0 Å². The van der Waals surface area contributed by atoms with Crippen LogP contribution in [0.1, 0.15) is 46.4 Å². The summed E-state index contributed by atoms with van der Waals surface area (Å²) in [5.41, 5.74) is 0.587. The van der Waals surface area contributed by atoms with Gasteiger partial charge in [-0.1, -0.05) is 12.1 Å². The van der Waals surface area contributed by atoms with E-state index < -0.39 is 24.7 Å². The largest absolute Gasteiger partial charge is 0.494 e. The minimum atomic E-state index is -1.59. The van der Waals surface area contributed by atoms with Crippen LogP contribution in [0.5, 0.6) is 0 Å². The first-order chi connectivity index (χ1) is 10.0. The van der Waals surface area contributed by atoms with Crippen molar-refractivity contribution >= 4 is 18.5 Å². The summed E-state index contributed by atoms with van der Waals surface area (Å²) in [7, 11) is -0.559. The summed E-state index contributed by atoms with van der Waals surface area (Å²) in [5, 5.41) is 2.57. The molecule has 0 unspecified atom stereocenters. The van der Waals surface area contributed by atoms with Crippen LogP contribution in [0.2, 0.25) is 0 Å². The van der Waals surface area contributed by atoms with Crippen LogP contribution in [-0.4, -0.2) is 30.8 Å². The molecule has 4 nitrogen and oxygen atoms in total. The molecule has 1 N–H and O–H groups in total. The zero-order chi connectivity index (χ0) is 16.3. The second kappa shape index (κ2) is 4.33. The van der Waals surface area contributed by atoms with Crippen molar-refractivity contribution in [3.8, 4) is 0 Å². The Morgan fingerprint density at radius 2 is 1.90 bits per heavy atom. The van der Waals surface area contributed by atoms with E-state index in [1.165, 1.54) is 0 Å². The second-order valence-electron chi connectivity index (χ2n) is 6.25. The van der Waals surface area contributed by atoms with Crippen LogP contribution in [0, 0.1) is 0 Å². The van der Waals surface area contributed by atoms with Crippen molar-refractivity contribution in [2.45, 2.75) is 45.3 Å². The molecule has 0 aliphatic carbocycles. The Morgan fingerprint density at radius 3 is 2.55 bits per heavy atom. The number of carbonyl (C=O) groups excluding carboxylic acids is 1. The van der Waals surface area contributed by atoms with Crippen molar-refractivity contribution in [3.05, 3.63) is 29.3 Å². The zero-order valence-electron chi connectivity index (χ0n) is 14.2. The van der Waals surface area contributed by atoms with Crippen LogP contribution in [-0.2, 0) is 15.7 Å². The zero-order valence-corrected chi connectivity index (χ0v) is 12.2. The van der Waals surface area contributed by atoms with E-state index in [0.717, 1.165) is 5.46 Å². The summed E-state index contributed by atoms with van der Waals surface area (Å²) >= 11 is 0. The van der Waals surface area contributed by atoms with Crippen LogP contribution < -0.4 is 10.8 Å². The molecule has 0 saturated carbocycles. The third-order valence-corrected chi connectivity index (χ3v) is 4.34. The Kier molecular flexibility index (Phi) is 2.46. The molecule has 1 aromatic carbocycles. The lowest BCUT2D eigenvalue weighted by Gasteiger charge is -2.32. The lowest BCUT2D eigenvalue weighted by Crippen LogP contribution is -2.41. The van der Waals surface area contributed by atoms with Crippen molar-refractivity contribution in [1.29, 1.82) is 0 Å². The van der Waals surface area contributed by atoms with Crippen molar-refractivity contribution in [1.82, 2.24) is 5.32 Å². The van der Waals surface area contributed by atoms with Crippen LogP contribution >= 0.6 is 0 Å². The predicted octanol–water partition coefficient (Wildman–Crippen LogP) is 1.27. The normalized spacial score (nSPS) is 27.4. The molecule has 1 saturated heterocycles. The first kappa shape index (κ1) is 11.3. The predicted molar refractivity (Wildman–Crippen MR) is 78.2 cm³/mol. The molecule has 0 radical (unpaired) electrons. The molecular formula is C15H20BNO3. The van der Waals surface area contributed by atoms with Crippen molar-refractivity contribution in [2.75, 3.05) is 6.54 Å². The fraction of sp³-hybridized carbons (Fsp3) is 0.533. The minimum Gasteiger partial charge on any atom is -0.399 e. The summed E-state index contributed by atoms with van der Waals surface area (Å²) in [6.07, 6.45) is -1.59. The number of fused-ring (bicyclic) bond motifs is 1. The van der Waals surface area contributed by atoms with Gasteiger partial charge in [-0.05, 0) is 51.2 Å². The van der Waals surface area contributed by atoms with Gasteiger partial charge in [-0.2, -0.15) is 0 Å². The number of nitrogens with one attached hydrogen (secondary N) is 1. The Hall–Kier alpha value is -1.33. The van der Waals surface area contributed by atoms with E-state index in [0.29, 0.717) is 11.1 Å². The van der Waals surface area contributed by atoms with E-state index >= 15 is 0 Å². The lowest BCUT2D eigenvalue weighted by atomic mass is 9.77. The van der Waals surface area contributed by atoms with E-state index in [1.807, 2.05) is 27.7 Å². The van der Waals surface area contributed by atoms with Crippen LogP contribution in [0.25, 0.3) is 0 Å². The second-order valence-corrected chi connectivity index (χ2v) is 6.25. The van der Waals surface area contributed by atoms with Crippen LogP contribution in [0.15, 0.2) is 18.2 Å². The molecule has 0 spiro atoms. The van der Waals surface area contributed by atoms with E-state index in [4.69, 9.17) is 12.1 Å². The number of hydrogen-bond acceptors (Lipinski definition) is 3. The summed E-state index contributed by atoms with van der Waals surface area (Å²) in [4.78, 5) is 11.9. The standard InChI is InChI=1S/C15H20BNO3/c1-14(2)15(3,4)20-16(19-14)11-5-6-12-10(9-11)7-8-17-13(12)18/h5-6,9H,7-8H2,1-4H3,(H,17,18)/i7D2. The Bertz CT molecular complexity index is 630. The molecule has 20 heavy (non-hydrogen) atoms. The molecule has 106 valence electrons. The maximum Gasteiger partial charge on any atom is 0.494 e. The average Bonchev–Trinajstić information content (AvgIpc) is 2.63. The number of rotatable bonds is 1. The van der Waals surface area contributed by atoms with Crippen molar-refractivity contribution < 1.29 is 16.8 Å². The summed E-state index contributed by atoms with van der Waals surface area (Å²) in [6, 6.07) is 5.10. The average molecular weight is 275 g/mol. The van der Waals surface area contributed by atoms with Crippen molar-refractivity contribution in [2.24, 2.45) is 0 Å². The smallest absolute Gasteiger partial charge is 0.399 e. The molecule has 2 heterocycles. The number of carbonyl (C=O) groups is 1. The first-order valence-corrected chi connectivity index (χ1v) is 6.82. The van der Waals surface area contributed by atoms with Gasteiger partial charge in [0.15, 0.2) is 0 Å². The van der Waals surface area contributed by atoms with E-state index in [-0.39, 0.29) is 12.5 Å². The van der Waals surface area contributed by atoms with Gasteiger partial charge in [-0.15, -0.1) is 0 Å². The Morgan fingerprint density at radius 1 is 1.25 bits per heavy atom. The fourth-order valence-electron chi connectivity index (χ4n) is 2.35. The maximum absolute atomic E-state index is 11.9. The van der Waals surface area contributed by atoms with E-state index in [1.54, 1.807) is 18.2 Å². The van der Waals surface area contributed by atoms with Crippen LogP contribution in [0.3, 0.4) is 0 Å². The fourth-order valence-corrected chi connectivity index (χ4v) is 2.35. The molecule has 2 aliphatic rings. The topological polar surface area (TPSA) is 47.6 Å². The minimum absolute atomic E-state index is 0.0222. The highest BCUT2D eigenvalue weighted by atomic mass is 16.7. The van der Waals surface area contributed by atoms with Gasteiger partial charge in [-0.3, -0.25) is 4.79 Å². The molecule has 1 aromatic rings. The third-order valence-electron chi connectivity index (χ3n) is 4.34. The molecular weight excluding hydrogens is 253 g/mol. The first-order valence-electron chi connectivity index (χ1n) is 7.82. The van der Waals surface area contributed by atoms with Gasteiger partial charge in [0.2, 0.25) is 0 Å². The van der Waals surface area contributed by atoms with Gasteiger partial charge in [0.1, 0.15) is 0 Å². The molecule has 5 heteroatoms. The monoisotopic (exact) mass is 275 g/mol. The quantitative estimate of drug-likeness (QED) is 0.785. The molecule has 0 atom stereocenters. The summed E-state index contributed by atoms with van der Waals surface area (Å²) in [5.74, 6) is -0.245. The summed E-state index contributed by atoms with van der Waals surface area (Å²) in [6.45, 7) is 7.86.